The lowest BCUT2D eigenvalue weighted by molar-refractivity contribution is -0.119. The van der Waals surface area contributed by atoms with Crippen LogP contribution in [0.15, 0.2) is 72.8 Å². The quantitative estimate of drug-likeness (QED) is 0.246. The number of hydrogen-bond acceptors (Lipinski definition) is 6. The molecule has 3 heterocycles. The van der Waals surface area contributed by atoms with Crippen LogP contribution in [0, 0.1) is 5.92 Å². The van der Waals surface area contributed by atoms with Gasteiger partial charge in [0, 0.05) is 25.3 Å². The van der Waals surface area contributed by atoms with Gasteiger partial charge in [-0.1, -0.05) is 48.5 Å². The third-order valence-electron chi connectivity index (χ3n) is 8.20. The van der Waals surface area contributed by atoms with Gasteiger partial charge in [-0.3, -0.25) is 9.69 Å². The van der Waals surface area contributed by atoms with Crippen molar-refractivity contribution in [2.45, 2.75) is 58.3 Å². The fraction of sp³-hybridized carbons (Fsp3) is 0.371. The second-order valence-corrected chi connectivity index (χ2v) is 12.7. The Hall–Kier alpha value is -4.86. The number of ether oxygens (including phenoxy) is 2. The maximum absolute atomic E-state index is 13.0. The number of hydrogen-bond donors (Lipinski definition) is 2. The zero-order chi connectivity index (χ0) is 31.6. The van der Waals surface area contributed by atoms with E-state index in [0.29, 0.717) is 31.7 Å². The number of amides is 3. The largest absolute Gasteiger partial charge is 0.445 e. The Morgan fingerprint density at radius 3 is 2.44 bits per heavy atom. The highest BCUT2D eigenvalue weighted by Crippen LogP contribution is 2.34. The number of fused-ring (bicyclic) bond motifs is 1. The molecule has 2 unspecified atom stereocenters. The highest BCUT2D eigenvalue weighted by atomic mass is 16.6. The molecule has 2 fully saturated rings. The van der Waals surface area contributed by atoms with Crippen LogP contribution in [-0.4, -0.2) is 63.1 Å². The van der Waals surface area contributed by atoms with Crippen molar-refractivity contribution in [2.75, 3.05) is 25.0 Å². The lowest BCUT2D eigenvalue weighted by Crippen LogP contribution is -2.36. The van der Waals surface area contributed by atoms with Gasteiger partial charge in [-0.25, -0.2) is 14.6 Å². The Labute approximate surface area is 262 Å². The van der Waals surface area contributed by atoms with E-state index in [-0.39, 0.29) is 30.6 Å². The average Bonchev–Trinajstić information content (AvgIpc) is 3.79. The third kappa shape index (κ3) is 7.11. The highest BCUT2D eigenvalue weighted by Gasteiger charge is 2.35. The van der Waals surface area contributed by atoms with Crippen LogP contribution in [0.2, 0.25) is 0 Å². The van der Waals surface area contributed by atoms with E-state index in [1.165, 1.54) is 0 Å². The fourth-order valence-corrected chi connectivity index (χ4v) is 5.90. The summed E-state index contributed by atoms with van der Waals surface area (Å²) in [5, 5.41) is 2.99. The number of rotatable bonds is 6. The number of likely N-dealkylation sites (tertiary alicyclic amines) is 2. The molecule has 1 aromatic heterocycles. The van der Waals surface area contributed by atoms with Crippen molar-refractivity contribution in [3.05, 3.63) is 84.2 Å². The van der Waals surface area contributed by atoms with Crippen LogP contribution in [0.3, 0.4) is 0 Å². The number of aromatic amines is 1. The van der Waals surface area contributed by atoms with Crippen LogP contribution in [0.4, 0.5) is 15.3 Å². The molecule has 0 radical (unpaired) electrons. The maximum Gasteiger partial charge on any atom is 0.410 e. The molecule has 3 aromatic carbocycles. The molecule has 0 aliphatic carbocycles. The third-order valence-corrected chi connectivity index (χ3v) is 8.20. The standard InChI is InChI=1S/C35H39N5O5/c1-35(2,3)45-34(43)40-18-7-10-30(40)31-37-28-16-13-25(20-29(28)38-31)24-11-14-27(15-12-24)36-32(41)26-17-19-39(21-26)33(42)44-22-23-8-5-4-6-9-23/h4-6,8-9,11-16,20,26,30H,7,10,17-19,21-22H2,1-3H3,(H,36,41)(H,37,38). The van der Waals surface area contributed by atoms with E-state index in [2.05, 4.69) is 16.4 Å². The Kier molecular flexibility index (Phi) is 8.47. The van der Waals surface area contributed by atoms with Gasteiger partial charge < -0.3 is 24.7 Å². The summed E-state index contributed by atoms with van der Waals surface area (Å²) in [6.45, 7) is 7.29. The molecule has 2 saturated heterocycles. The van der Waals surface area contributed by atoms with Gasteiger partial charge in [0.2, 0.25) is 5.91 Å². The van der Waals surface area contributed by atoms with Crippen LogP contribution in [-0.2, 0) is 20.9 Å². The average molecular weight is 610 g/mol. The first-order valence-corrected chi connectivity index (χ1v) is 15.5. The van der Waals surface area contributed by atoms with E-state index < -0.39 is 11.7 Å². The number of carbonyl (C=O) groups excluding carboxylic acids is 3. The minimum Gasteiger partial charge on any atom is -0.445 e. The van der Waals surface area contributed by atoms with Gasteiger partial charge in [-0.15, -0.1) is 0 Å². The van der Waals surface area contributed by atoms with Gasteiger partial charge in [0.15, 0.2) is 0 Å². The summed E-state index contributed by atoms with van der Waals surface area (Å²) in [6.07, 6.45) is 1.60. The van der Waals surface area contributed by atoms with E-state index in [0.717, 1.165) is 46.4 Å². The highest BCUT2D eigenvalue weighted by molar-refractivity contribution is 5.93. The summed E-state index contributed by atoms with van der Waals surface area (Å²) in [6, 6.07) is 23.1. The van der Waals surface area contributed by atoms with Gasteiger partial charge in [0.1, 0.15) is 18.0 Å². The van der Waals surface area contributed by atoms with Crippen LogP contribution in [0.25, 0.3) is 22.2 Å². The molecule has 2 aliphatic heterocycles. The molecule has 45 heavy (non-hydrogen) atoms. The van der Waals surface area contributed by atoms with Gasteiger partial charge in [0.25, 0.3) is 0 Å². The first-order chi connectivity index (χ1) is 21.6. The fourth-order valence-electron chi connectivity index (χ4n) is 5.90. The monoisotopic (exact) mass is 609 g/mol. The number of benzene rings is 3. The van der Waals surface area contributed by atoms with E-state index in [1.54, 1.807) is 9.80 Å². The summed E-state index contributed by atoms with van der Waals surface area (Å²) in [7, 11) is 0. The molecular formula is C35H39N5O5. The van der Waals surface area contributed by atoms with Crippen molar-refractivity contribution in [1.82, 2.24) is 19.8 Å². The molecule has 6 rings (SSSR count). The zero-order valence-corrected chi connectivity index (χ0v) is 25.9. The van der Waals surface area contributed by atoms with Crippen LogP contribution in [0.1, 0.15) is 57.5 Å². The van der Waals surface area contributed by atoms with Crippen molar-refractivity contribution in [2.24, 2.45) is 5.92 Å². The Balaban J connectivity index is 1.05. The second kappa shape index (κ2) is 12.6. The molecule has 10 nitrogen and oxygen atoms in total. The number of nitrogens with one attached hydrogen (secondary N) is 2. The topological polar surface area (TPSA) is 117 Å². The summed E-state index contributed by atoms with van der Waals surface area (Å²) in [5.41, 5.74) is 4.80. The SMILES string of the molecule is CC(C)(C)OC(=O)N1CCCC1c1nc2ccc(-c3ccc(NC(=O)C4CCN(C(=O)OCc5ccccc5)C4)cc3)cc2[nH]1. The molecule has 4 aromatic rings. The minimum atomic E-state index is -0.554. The lowest BCUT2D eigenvalue weighted by atomic mass is 10.0. The molecular weight excluding hydrogens is 570 g/mol. The number of carbonyl (C=O) groups is 3. The van der Waals surface area contributed by atoms with E-state index in [1.807, 2.05) is 87.5 Å². The van der Waals surface area contributed by atoms with Crippen molar-refractivity contribution in [3.8, 4) is 11.1 Å². The first kappa shape index (κ1) is 30.2. The Morgan fingerprint density at radius 2 is 1.69 bits per heavy atom. The van der Waals surface area contributed by atoms with Crippen molar-refractivity contribution >= 4 is 34.8 Å². The first-order valence-electron chi connectivity index (χ1n) is 15.5. The zero-order valence-electron chi connectivity index (χ0n) is 25.9. The number of imidazole rings is 1. The van der Waals surface area contributed by atoms with E-state index in [4.69, 9.17) is 14.5 Å². The summed E-state index contributed by atoms with van der Waals surface area (Å²) in [5.74, 6) is 0.357. The van der Waals surface area contributed by atoms with Crippen molar-refractivity contribution in [3.63, 3.8) is 0 Å². The molecule has 3 amide bonds. The molecule has 0 saturated carbocycles. The van der Waals surface area contributed by atoms with Crippen molar-refractivity contribution in [1.29, 1.82) is 0 Å². The lowest BCUT2D eigenvalue weighted by Gasteiger charge is -2.27. The van der Waals surface area contributed by atoms with E-state index >= 15 is 0 Å². The molecule has 2 N–H and O–H groups in total. The molecule has 10 heteroatoms. The summed E-state index contributed by atoms with van der Waals surface area (Å²) in [4.78, 5) is 49.9. The van der Waals surface area contributed by atoms with Crippen LogP contribution < -0.4 is 5.32 Å². The number of anilines is 1. The smallest absolute Gasteiger partial charge is 0.410 e. The predicted octanol–water partition coefficient (Wildman–Crippen LogP) is 6.90. The van der Waals surface area contributed by atoms with Crippen LogP contribution in [0.5, 0.6) is 0 Å². The molecule has 234 valence electrons. The minimum absolute atomic E-state index is 0.111. The van der Waals surface area contributed by atoms with Gasteiger partial charge in [-0.2, -0.15) is 0 Å². The van der Waals surface area contributed by atoms with Gasteiger partial charge in [0.05, 0.1) is 23.0 Å². The molecule has 0 bridgehead atoms. The number of aromatic nitrogens is 2. The molecule has 0 spiro atoms. The normalized spacial score (nSPS) is 18.3. The van der Waals surface area contributed by atoms with Gasteiger partial charge >= 0.3 is 12.2 Å². The van der Waals surface area contributed by atoms with Gasteiger partial charge in [-0.05, 0) is 81.0 Å². The molecule has 2 atom stereocenters. The molecule has 2 aliphatic rings. The van der Waals surface area contributed by atoms with E-state index in [9.17, 15) is 14.4 Å². The number of nitrogens with zero attached hydrogens (tertiary/aromatic N) is 3. The second-order valence-electron chi connectivity index (χ2n) is 12.7. The predicted molar refractivity (Wildman–Crippen MR) is 171 cm³/mol. The maximum atomic E-state index is 13.0. The van der Waals surface area contributed by atoms with Crippen molar-refractivity contribution < 1.29 is 23.9 Å². The summed E-state index contributed by atoms with van der Waals surface area (Å²) >= 11 is 0. The summed E-state index contributed by atoms with van der Waals surface area (Å²) < 4.78 is 11.0. The Bertz CT molecular complexity index is 1680. The number of H-pyrrole nitrogens is 1. The Morgan fingerprint density at radius 1 is 0.933 bits per heavy atom. The van der Waals surface area contributed by atoms with Crippen LogP contribution >= 0.6 is 0 Å².